The van der Waals surface area contributed by atoms with E-state index >= 15 is 0 Å². The summed E-state index contributed by atoms with van der Waals surface area (Å²) < 4.78 is 31.6. The molecule has 2 aliphatic rings. The Balaban J connectivity index is 0.00000242. The van der Waals surface area contributed by atoms with E-state index in [1.54, 1.807) is 0 Å². The number of guanidine groups is 1. The van der Waals surface area contributed by atoms with Crippen LogP contribution in [0.4, 0.5) is 4.79 Å². The van der Waals surface area contributed by atoms with Gasteiger partial charge in [0.05, 0.1) is 18.7 Å². The molecule has 51 heavy (non-hydrogen) atoms. The molecule has 27 heteroatoms. The molecule has 1 fully saturated rings. The van der Waals surface area contributed by atoms with Crippen LogP contribution >= 0.6 is 0 Å². The molecule has 0 bridgehead atoms. The Labute approximate surface area is 290 Å². The number of aliphatic imine (C=N–C) groups is 1. The molecule has 288 valence electrons. The number of hydrogen-bond donors (Lipinski definition) is 16. The summed E-state index contributed by atoms with van der Waals surface area (Å²) in [6.07, 6.45) is 1.61. The number of rotatable bonds is 9. The van der Waals surface area contributed by atoms with Crippen molar-refractivity contribution in [1.82, 2.24) is 42.5 Å². The Bertz CT molecular complexity index is 1450. The molecule has 2 heterocycles. The zero-order valence-electron chi connectivity index (χ0n) is 27.0. The Kier molecular flexibility index (Phi) is 18.2. The van der Waals surface area contributed by atoms with Gasteiger partial charge in [0.15, 0.2) is 5.96 Å². The smallest absolute Gasteiger partial charge is 0.394 e. The lowest BCUT2D eigenvalue weighted by Crippen LogP contribution is -2.64. The summed E-state index contributed by atoms with van der Waals surface area (Å²) in [5.41, 5.74) is 27.4. The molecule has 0 aromatic rings. The van der Waals surface area contributed by atoms with Gasteiger partial charge in [0.25, 0.3) is 5.91 Å². The third kappa shape index (κ3) is 16.9. The average molecular weight is 753 g/mol. The van der Waals surface area contributed by atoms with E-state index in [2.05, 4.69) is 42.2 Å². The van der Waals surface area contributed by atoms with E-state index in [-0.39, 0.29) is 31.9 Å². The van der Waals surface area contributed by atoms with Gasteiger partial charge in [-0.3, -0.25) is 42.9 Å². The highest BCUT2D eigenvalue weighted by atomic mass is 32.3. The van der Waals surface area contributed by atoms with Crippen LogP contribution in [-0.4, -0.2) is 139 Å². The molecule has 0 radical (unpaired) electrons. The number of aliphatic hydroxyl groups excluding tert-OH is 1. The normalized spacial score (nSPS) is 25.1. The molecule has 2 rings (SSSR count). The van der Waals surface area contributed by atoms with E-state index in [9.17, 15) is 38.7 Å². The Hall–Kier alpha value is -5.19. The molecule has 0 aromatic heterocycles. The van der Waals surface area contributed by atoms with Gasteiger partial charge in [0, 0.05) is 25.8 Å². The molecule has 2 aliphatic heterocycles. The van der Waals surface area contributed by atoms with Crippen LogP contribution in [0.15, 0.2) is 16.9 Å². The van der Waals surface area contributed by atoms with Crippen molar-refractivity contribution in [2.24, 2.45) is 33.7 Å². The summed E-state index contributed by atoms with van der Waals surface area (Å²) in [7, 11) is -4.67. The summed E-state index contributed by atoms with van der Waals surface area (Å²) in [6.45, 7) is -1.51. The van der Waals surface area contributed by atoms with E-state index in [4.69, 9.17) is 46.2 Å². The van der Waals surface area contributed by atoms with Crippen molar-refractivity contribution in [3.8, 4) is 0 Å². The molecule has 3 unspecified atom stereocenters. The first-order chi connectivity index (χ1) is 23.8. The van der Waals surface area contributed by atoms with Crippen molar-refractivity contribution < 1.29 is 56.2 Å². The molecule has 0 aliphatic carbocycles. The predicted octanol–water partition coefficient (Wildman–Crippen LogP) is -9.28. The van der Waals surface area contributed by atoms with E-state index in [1.165, 1.54) is 0 Å². The fourth-order valence-corrected chi connectivity index (χ4v) is 4.14. The minimum atomic E-state index is -4.67. The van der Waals surface area contributed by atoms with Crippen molar-refractivity contribution in [1.29, 1.82) is 0 Å². The highest BCUT2D eigenvalue weighted by Gasteiger charge is 2.35. The third-order valence-electron chi connectivity index (χ3n) is 6.71. The van der Waals surface area contributed by atoms with Crippen LogP contribution in [0.2, 0.25) is 0 Å². The number of nitrogens with zero attached hydrogens (tertiary/aromatic N) is 1. The van der Waals surface area contributed by atoms with Gasteiger partial charge in [0.2, 0.25) is 29.5 Å². The second-order valence-corrected chi connectivity index (χ2v) is 11.6. The number of hydrogen-bond acceptors (Lipinski definition) is 16. The van der Waals surface area contributed by atoms with E-state index in [1.807, 2.05) is 5.32 Å². The first kappa shape index (κ1) is 43.8. The van der Waals surface area contributed by atoms with Crippen molar-refractivity contribution in [2.45, 2.75) is 55.5 Å². The maximum Gasteiger partial charge on any atom is 0.394 e. The Morgan fingerprint density at radius 3 is 2.20 bits per heavy atom. The molecule has 21 N–H and O–H groups in total. The van der Waals surface area contributed by atoms with Gasteiger partial charge in [-0.15, -0.1) is 0 Å². The van der Waals surface area contributed by atoms with E-state index in [0.29, 0.717) is 6.42 Å². The summed E-state index contributed by atoms with van der Waals surface area (Å²) in [4.78, 5) is 93.7. The van der Waals surface area contributed by atoms with Crippen molar-refractivity contribution in [3.63, 3.8) is 0 Å². The van der Waals surface area contributed by atoms with Gasteiger partial charge in [-0.2, -0.15) is 8.42 Å². The number of carbonyl (C=O) groups excluding carboxylic acids is 7. The van der Waals surface area contributed by atoms with Gasteiger partial charge in [-0.05, 0) is 25.8 Å². The lowest BCUT2D eigenvalue weighted by molar-refractivity contribution is -0.134. The van der Waals surface area contributed by atoms with E-state index in [0.717, 1.165) is 6.20 Å². The second-order valence-electron chi connectivity index (χ2n) is 10.7. The quantitative estimate of drug-likeness (QED) is 0.0768. The highest BCUT2D eigenvalue weighted by Crippen LogP contribution is 2.07. The minimum absolute atomic E-state index is 0.0144. The molecule has 0 saturated carbocycles. The summed E-state index contributed by atoms with van der Waals surface area (Å²) in [5.74, 6) is -5.78. The first-order valence-corrected chi connectivity index (χ1v) is 16.3. The molecule has 8 amide bonds. The number of nitrogens with one attached hydrogen (secondary N) is 8. The van der Waals surface area contributed by atoms with Crippen molar-refractivity contribution in [3.05, 3.63) is 11.9 Å². The molecule has 26 nitrogen and oxygen atoms in total. The molecule has 0 aromatic carbocycles. The topological polar surface area (TPSA) is 453 Å². The number of nitrogens with two attached hydrogens (primary N) is 5. The van der Waals surface area contributed by atoms with Crippen LogP contribution in [0.3, 0.4) is 0 Å². The maximum atomic E-state index is 13.4. The van der Waals surface area contributed by atoms with Gasteiger partial charge >= 0.3 is 16.4 Å². The highest BCUT2D eigenvalue weighted by molar-refractivity contribution is 7.79. The van der Waals surface area contributed by atoms with Crippen LogP contribution in [0, 0.1) is 0 Å². The van der Waals surface area contributed by atoms with Crippen LogP contribution in [0.5, 0.6) is 0 Å². The SMILES string of the molecule is NCCC[C@H](N)C(=O)NCC1NC(=O)[C@H](CO)NC(=O)[C@@H](N)CNC(=O)C(C2CCN=C(N)N2)NC(=O)/C(=C/NC(N)=O)NC1=O.O=S(=O)(O)O. The molecular formula is C24H44N14O12S. The fourth-order valence-electron chi connectivity index (χ4n) is 4.14. The average Bonchev–Trinajstić information content (AvgIpc) is 3.05. The lowest BCUT2D eigenvalue weighted by atomic mass is 10.0. The molecule has 6 atom stereocenters. The van der Waals surface area contributed by atoms with Crippen LogP contribution in [-0.2, 0) is 39.2 Å². The monoisotopic (exact) mass is 752 g/mol. The lowest BCUT2D eigenvalue weighted by Gasteiger charge is -2.31. The largest absolute Gasteiger partial charge is 0.394 e. The number of aliphatic hydroxyl groups is 1. The zero-order valence-corrected chi connectivity index (χ0v) is 27.8. The minimum Gasteiger partial charge on any atom is -0.394 e. The number of carbonyl (C=O) groups is 7. The number of amides is 8. The first-order valence-electron chi connectivity index (χ1n) is 14.9. The fraction of sp³-hybridized carbons (Fsp3) is 0.583. The molecule has 1 saturated heterocycles. The maximum absolute atomic E-state index is 13.4. The van der Waals surface area contributed by atoms with Crippen LogP contribution < -0.4 is 71.2 Å². The molecular weight excluding hydrogens is 708 g/mol. The Morgan fingerprint density at radius 1 is 1.00 bits per heavy atom. The molecule has 0 spiro atoms. The van der Waals surface area contributed by atoms with Crippen LogP contribution in [0.25, 0.3) is 0 Å². The zero-order chi connectivity index (χ0) is 38.9. The standard InChI is InChI=1S/C24H42N14O8.H2O4S/c25-4-1-2-10(26)17(40)32-7-13-19(42)34-14(8-33-24(29)46)20(43)38-16(12-3-5-30-23(28)37-12)22(45)31-6-11(27)18(41)36-15(9-39)21(44)35-13;1-5(2,3)4/h8,10-13,15-16,39H,1-7,9,25-27H2,(H,31,45)(H,32,40)(H,34,42)(H,35,44)(H,36,41)(H,38,43)(H3,28,30,37)(H3,29,33,46);(H2,1,2,3,4)/b14-8-;/t10-,11-,12?,13?,15-,16?;/m0./s1. The van der Waals surface area contributed by atoms with Gasteiger partial charge < -0.3 is 76.3 Å². The number of primary amides is 1. The van der Waals surface area contributed by atoms with Crippen molar-refractivity contribution in [2.75, 3.05) is 32.8 Å². The number of urea groups is 1. The van der Waals surface area contributed by atoms with Gasteiger partial charge in [0.1, 0.15) is 29.9 Å². The predicted molar refractivity (Wildman–Crippen MR) is 174 cm³/mol. The van der Waals surface area contributed by atoms with Crippen molar-refractivity contribution >= 4 is 57.8 Å². The second kappa shape index (κ2) is 21.1. The summed E-state index contributed by atoms with van der Waals surface area (Å²) >= 11 is 0. The Morgan fingerprint density at radius 2 is 1.63 bits per heavy atom. The van der Waals surface area contributed by atoms with E-state index < -0.39 is 114 Å². The third-order valence-corrected chi connectivity index (χ3v) is 6.71. The van der Waals surface area contributed by atoms with Gasteiger partial charge in [-0.1, -0.05) is 0 Å². The summed E-state index contributed by atoms with van der Waals surface area (Å²) in [5, 5.41) is 28.6. The van der Waals surface area contributed by atoms with Gasteiger partial charge in [-0.25, -0.2) is 4.79 Å². The summed E-state index contributed by atoms with van der Waals surface area (Å²) in [6, 6.07) is -9.04. The van der Waals surface area contributed by atoms with Crippen LogP contribution in [0.1, 0.15) is 19.3 Å².